The summed E-state index contributed by atoms with van der Waals surface area (Å²) in [6, 6.07) is 3.47. The van der Waals surface area contributed by atoms with Crippen LogP contribution in [0.4, 0.5) is 5.69 Å². The summed E-state index contributed by atoms with van der Waals surface area (Å²) in [6.07, 6.45) is 3.54. The van der Waals surface area contributed by atoms with Crippen LogP contribution in [0, 0.1) is 0 Å². The van der Waals surface area contributed by atoms with Crippen molar-refractivity contribution in [3.05, 3.63) is 24.0 Å². The molecule has 6 heteroatoms. The van der Waals surface area contributed by atoms with Gasteiger partial charge < -0.3 is 15.3 Å². The highest BCUT2D eigenvalue weighted by Crippen LogP contribution is 2.14. The molecule has 19 heavy (non-hydrogen) atoms. The first-order valence-electron chi connectivity index (χ1n) is 5.98. The predicted octanol–water partition coefficient (Wildman–Crippen LogP) is 1.31. The minimum atomic E-state index is -0.783. The molecule has 1 atom stereocenters. The lowest BCUT2D eigenvalue weighted by atomic mass is 10.1. The molecule has 0 fully saturated rings. The average Bonchev–Trinajstić information content (AvgIpc) is 2.36. The van der Waals surface area contributed by atoms with E-state index in [1.54, 1.807) is 51.1 Å². The number of pyridine rings is 1. The summed E-state index contributed by atoms with van der Waals surface area (Å²) in [6.45, 7) is 2.21. The number of nitrogens with zero attached hydrogens (tertiary/aromatic N) is 2. The Bertz CT molecular complexity index is 436. The van der Waals surface area contributed by atoms with Gasteiger partial charge in [0, 0.05) is 38.3 Å². The average molecular weight is 283 g/mol. The standard InChI is InChI=1S/C13H21N3O2S/c1-13(18,9-19-4)8-15-10-5-6-14-11(7-10)12(17)16(2)3/h5-7,18H,8-9H2,1-4H3,(H,14,15). The van der Waals surface area contributed by atoms with Gasteiger partial charge in [-0.25, -0.2) is 0 Å². The molecule has 106 valence electrons. The first-order chi connectivity index (χ1) is 8.85. The molecule has 0 spiro atoms. The predicted molar refractivity (Wildman–Crippen MR) is 79.8 cm³/mol. The molecular formula is C13H21N3O2S. The van der Waals surface area contributed by atoms with E-state index >= 15 is 0 Å². The molecule has 1 aromatic rings. The molecule has 0 saturated carbocycles. The van der Waals surface area contributed by atoms with Crippen molar-refractivity contribution in [3.63, 3.8) is 0 Å². The zero-order valence-corrected chi connectivity index (χ0v) is 12.6. The molecule has 0 bridgehead atoms. The number of thioether (sulfide) groups is 1. The summed E-state index contributed by atoms with van der Waals surface area (Å²) < 4.78 is 0. The highest BCUT2D eigenvalue weighted by Gasteiger charge is 2.19. The number of hydrogen-bond acceptors (Lipinski definition) is 5. The van der Waals surface area contributed by atoms with Gasteiger partial charge in [-0.05, 0) is 25.3 Å². The van der Waals surface area contributed by atoms with Crippen molar-refractivity contribution in [1.29, 1.82) is 0 Å². The summed E-state index contributed by atoms with van der Waals surface area (Å²) >= 11 is 1.59. The van der Waals surface area contributed by atoms with Crippen molar-refractivity contribution in [1.82, 2.24) is 9.88 Å². The van der Waals surface area contributed by atoms with Gasteiger partial charge in [-0.1, -0.05) is 0 Å². The van der Waals surface area contributed by atoms with E-state index < -0.39 is 5.60 Å². The van der Waals surface area contributed by atoms with E-state index in [0.717, 1.165) is 5.69 Å². The van der Waals surface area contributed by atoms with Crippen molar-refractivity contribution in [3.8, 4) is 0 Å². The Kier molecular flexibility index (Phi) is 5.62. The highest BCUT2D eigenvalue weighted by molar-refractivity contribution is 7.98. The minimum Gasteiger partial charge on any atom is -0.387 e. The van der Waals surface area contributed by atoms with Gasteiger partial charge in [0.15, 0.2) is 0 Å². The fraction of sp³-hybridized carbons (Fsp3) is 0.538. The van der Waals surface area contributed by atoms with E-state index in [-0.39, 0.29) is 5.91 Å². The third kappa shape index (κ3) is 5.08. The normalized spacial score (nSPS) is 13.7. The number of amides is 1. The molecule has 0 aliphatic rings. The van der Waals surface area contributed by atoms with Gasteiger partial charge in [0.1, 0.15) is 5.69 Å². The fourth-order valence-corrected chi connectivity index (χ4v) is 2.26. The maximum absolute atomic E-state index is 11.8. The van der Waals surface area contributed by atoms with Gasteiger partial charge in [-0.3, -0.25) is 9.78 Å². The summed E-state index contributed by atoms with van der Waals surface area (Å²) in [4.78, 5) is 17.3. The van der Waals surface area contributed by atoms with E-state index in [0.29, 0.717) is 18.0 Å². The third-order valence-electron chi connectivity index (χ3n) is 2.51. The Hall–Kier alpha value is -1.27. The van der Waals surface area contributed by atoms with Crippen LogP contribution in [0.2, 0.25) is 0 Å². The second kappa shape index (κ2) is 6.77. The van der Waals surface area contributed by atoms with E-state index in [9.17, 15) is 9.90 Å². The van der Waals surface area contributed by atoms with Crippen LogP contribution < -0.4 is 5.32 Å². The van der Waals surface area contributed by atoms with Crippen LogP contribution in [-0.4, -0.2) is 59.1 Å². The van der Waals surface area contributed by atoms with Gasteiger partial charge in [-0.15, -0.1) is 0 Å². The number of carbonyl (C=O) groups is 1. The number of aliphatic hydroxyl groups is 1. The fourth-order valence-electron chi connectivity index (χ4n) is 1.54. The zero-order chi connectivity index (χ0) is 14.5. The second-order valence-corrected chi connectivity index (χ2v) is 5.78. The van der Waals surface area contributed by atoms with Crippen molar-refractivity contribution in [2.45, 2.75) is 12.5 Å². The summed E-state index contributed by atoms with van der Waals surface area (Å²) in [7, 11) is 3.38. The van der Waals surface area contributed by atoms with E-state index in [2.05, 4.69) is 10.3 Å². The van der Waals surface area contributed by atoms with Gasteiger partial charge in [-0.2, -0.15) is 11.8 Å². The van der Waals surface area contributed by atoms with Crippen LogP contribution in [0.5, 0.6) is 0 Å². The number of aromatic nitrogens is 1. The molecule has 0 aliphatic heterocycles. The van der Waals surface area contributed by atoms with Crippen molar-refractivity contribution >= 4 is 23.4 Å². The topological polar surface area (TPSA) is 65.5 Å². The zero-order valence-electron chi connectivity index (χ0n) is 11.8. The molecule has 5 nitrogen and oxygen atoms in total. The quantitative estimate of drug-likeness (QED) is 0.824. The van der Waals surface area contributed by atoms with Crippen LogP contribution in [0.25, 0.3) is 0 Å². The molecule has 2 N–H and O–H groups in total. The molecule has 1 amide bonds. The first-order valence-corrected chi connectivity index (χ1v) is 7.38. The van der Waals surface area contributed by atoms with Gasteiger partial charge in [0.05, 0.1) is 5.60 Å². The molecule has 0 aliphatic carbocycles. The Labute approximate surface area is 118 Å². The number of hydrogen-bond donors (Lipinski definition) is 2. The maximum atomic E-state index is 11.8. The molecule has 0 radical (unpaired) electrons. The third-order valence-corrected chi connectivity index (χ3v) is 3.42. The molecule has 0 saturated heterocycles. The smallest absolute Gasteiger partial charge is 0.272 e. The monoisotopic (exact) mass is 283 g/mol. The number of anilines is 1. The van der Waals surface area contributed by atoms with Gasteiger partial charge >= 0.3 is 0 Å². The van der Waals surface area contributed by atoms with Crippen molar-refractivity contribution < 1.29 is 9.90 Å². The molecule has 1 heterocycles. The summed E-state index contributed by atoms with van der Waals surface area (Å²) in [5.74, 6) is 0.508. The van der Waals surface area contributed by atoms with E-state index in [1.807, 2.05) is 6.26 Å². The maximum Gasteiger partial charge on any atom is 0.272 e. The number of carbonyl (C=O) groups excluding carboxylic acids is 1. The van der Waals surface area contributed by atoms with Gasteiger partial charge in [0.2, 0.25) is 0 Å². The van der Waals surface area contributed by atoms with E-state index in [1.165, 1.54) is 4.90 Å². The molecule has 1 aromatic heterocycles. The van der Waals surface area contributed by atoms with Crippen molar-refractivity contribution in [2.24, 2.45) is 0 Å². The van der Waals surface area contributed by atoms with Crippen LogP contribution in [-0.2, 0) is 0 Å². The molecule has 1 unspecified atom stereocenters. The lowest BCUT2D eigenvalue weighted by Gasteiger charge is -2.23. The largest absolute Gasteiger partial charge is 0.387 e. The van der Waals surface area contributed by atoms with Crippen LogP contribution in [0.15, 0.2) is 18.3 Å². The second-order valence-electron chi connectivity index (χ2n) is 4.91. The molecule has 1 rings (SSSR count). The Morgan fingerprint density at radius 1 is 1.58 bits per heavy atom. The SMILES string of the molecule is CSCC(C)(O)CNc1ccnc(C(=O)N(C)C)c1. The number of rotatable bonds is 6. The van der Waals surface area contributed by atoms with Crippen LogP contribution >= 0.6 is 11.8 Å². The van der Waals surface area contributed by atoms with Crippen LogP contribution in [0.1, 0.15) is 17.4 Å². The molecular weight excluding hydrogens is 262 g/mol. The summed E-state index contributed by atoms with van der Waals surface area (Å²) in [5, 5.41) is 13.2. The molecule has 0 aromatic carbocycles. The Morgan fingerprint density at radius 3 is 2.84 bits per heavy atom. The Morgan fingerprint density at radius 2 is 2.26 bits per heavy atom. The first kappa shape index (κ1) is 15.8. The van der Waals surface area contributed by atoms with E-state index in [4.69, 9.17) is 0 Å². The van der Waals surface area contributed by atoms with Crippen molar-refractivity contribution in [2.75, 3.05) is 38.0 Å². The van der Waals surface area contributed by atoms with Gasteiger partial charge in [0.25, 0.3) is 5.91 Å². The number of nitrogens with one attached hydrogen (secondary N) is 1. The Balaban J connectivity index is 2.70. The highest BCUT2D eigenvalue weighted by atomic mass is 32.2. The lowest BCUT2D eigenvalue weighted by Crippen LogP contribution is -2.36. The summed E-state index contributed by atoms with van der Waals surface area (Å²) in [5.41, 5.74) is 0.384. The lowest BCUT2D eigenvalue weighted by molar-refractivity contribution is 0.0822. The minimum absolute atomic E-state index is 0.139. The van der Waals surface area contributed by atoms with Crippen LogP contribution in [0.3, 0.4) is 0 Å².